The Morgan fingerprint density at radius 3 is 2.33 bits per heavy atom. The molecule has 0 spiro atoms. The van der Waals surface area contributed by atoms with Gasteiger partial charge in [0.2, 0.25) is 27.6 Å². The zero-order valence-electron chi connectivity index (χ0n) is 30.3. The fourth-order valence-corrected chi connectivity index (χ4v) is 7.94. The minimum Gasteiger partial charge on any atom is -0.379 e. The lowest BCUT2D eigenvalue weighted by molar-refractivity contribution is -0.144. The molecule has 14 nitrogen and oxygen atoms in total. The van der Waals surface area contributed by atoms with Gasteiger partial charge in [0.1, 0.15) is 12.1 Å². The first kappa shape index (κ1) is 39.0. The van der Waals surface area contributed by atoms with Crippen molar-refractivity contribution in [3.05, 3.63) is 0 Å². The highest BCUT2D eigenvalue weighted by atomic mass is 32.2. The largest absolute Gasteiger partial charge is 0.379 e. The summed E-state index contributed by atoms with van der Waals surface area (Å²) in [6.45, 7) is 11.9. The van der Waals surface area contributed by atoms with Crippen LogP contribution < -0.4 is 21.3 Å². The zero-order valence-corrected chi connectivity index (χ0v) is 31.1. The molecule has 4 fully saturated rings. The minimum atomic E-state index is -3.50. The number of carbonyl (C=O) groups excluding carboxylic acids is 5. The molecule has 6 atom stereocenters. The van der Waals surface area contributed by atoms with E-state index in [1.54, 1.807) is 6.92 Å². The summed E-state index contributed by atoms with van der Waals surface area (Å²) in [4.78, 5) is 69.3. The van der Waals surface area contributed by atoms with Crippen LogP contribution in [0.4, 0.5) is 4.79 Å². The molecule has 1 unspecified atom stereocenters. The van der Waals surface area contributed by atoms with E-state index in [0.717, 1.165) is 38.5 Å². The van der Waals surface area contributed by atoms with Crippen molar-refractivity contribution in [3.8, 4) is 0 Å². The number of fused-ring (bicyclic) bond motifs is 3. The van der Waals surface area contributed by atoms with E-state index in [2.05, 4.69) is 35.1 Å². The first-order valence-corrected chi connectivity index (χ1v) is 19.5. The number of piperidine rings is 1. The van der Waals surface area contributed by atoms with Crippen LogP contribution in [0.5, 0.6) is 0 Å². The van der Waals surface area contributed by atoms with Crippen molar-refractivity contribution in [3.63, 3.8) is 0 Å². The summed E-state index contributed by atoms with van der Waals surface area (Å²) in [5, 5.41) is 11.3. The van der Waals surface area contributed by atoms with E-state index in [0.29, 0.717) is 26.0 Å². The maximum Gasteiger partial charge on any atom is 0.315 e. The lowest BCUT2D eigenvalue weighted by Gasteiger charge is -2.36. The van der Waals surface area contributed by atoms with E-state index >= 15 is 0 Å². The summed E-state index contributed by atoms with van der Waals surface area (Å²) >= 11 is 0. The molecule has 278 valence electrons. The number of carbonyl (C=O) groups is 5. The number of sulfonamides is 1. The number of ether oxygens (including phenoxy) is 1. The molecular weight excluding hydrogens is 652 g/mol. The molecule has 2 aliphatic carbocycles. The second-order valence-corrected chi connectivity index (χ2v) is 18.3. The van der Waals surface area contributed by atoms with Gasteiger partial charge in [-0.3, -0.25) is 19.2 Å². The van der Waals surface area contributed by atoms with Crippen LogP contribution in [-0.2, 0) is 33.9 Å². The number of urea groups is 1. The number of hydrogen-bond acceptors (Lipinski definition) is 8. The molecule has 0 aromatic carbocycles. The van der Waals surface area contributed by atoms with Gasteiger partial charge in [-0.05, 0) is 55.3 Å². The molecule has 5 amide bonds. The number of nitrogens with one attached hydrogen (secondary N) is 4. The van der Waals surface area contributed by atoms with E-state index in [4.69, 9.17) is 4.74 Å². The number of likely N-dealkylation sites (N-methyl/N-ethyl adjacent to an activating group) is 1. The van der Waals surface area contributed by atoms with Crippen molar-refractivity contribution in [1.29, 1.82) is 0 Å². The van der Waals surface area contributed by atoms with Crippen molar-refractivity contribution in [2.75, 3.05) is 39.1 Å². The van der Waals surface area contributed by atoms with Crippen LogP contribution in [-0.4, -0.2) is 116 Å². The Kier molecular flexibility index (Phi) is 12.4. The summed E-state index contributed by atoms with van der Waals surface area (Å²) in [5.74, 6) is -2.48. The van der Waals surface area contributed by atoms with Crippen molar-refractivity contribution in [2.45, 2.75) is 123 Å². The predicted molar refractivity (Wildman–Crippen MR) is 184 cm³/mol. The molecule has 4 N–H and O–H groups in total. The van der Waals surface area contributed by atoms with E-state index in [1.165, 1.54) is 16.3 Å². The summed E-state index contributed by atoms with van der Waals surface area (Å²) in [6, 6.07) is -4.25. The molecule has 2 saturated carbocycles. The molecule has 15 heteroatoms. The third-order valence-corrected chi connectivity index (χ3v) is 12.7. The molecule has 2 aliphatic heterocycles. The minimum absolute atomic E-state index is 0.00197. The molecule has 49 heavy (non-hydrogen) atoms. The summed E-state index contributed by atoms with van der Waals surface area (Å²) in [5.41, 5.74) is -0.728. The van der Waals surface area contributed by atoms with Gasteiger partial charge in [0.25, 0.3) is 5.91 Å². The number of hydrogen-bond donors (Lipinski definition) is 4. The van der Waals surface area contributed by atoms with Crippen LogP contribution in [0.15, 0.2) is 0 Å². The highest BCUT2D eigenvalue weighted by molar-refractivity contribution is 7.89. The second-order valence-electron chi connectivity index (χ2n) is 16.0. The highest BCUT2D eigenvalue weighted by Gasteiger charge is 2.69. The lowest BCUT2D eigenvalue weighted by atomic mass is 9.87. The van der Waals surface area contributed by atoms with Crippen molar-refractivity contribution in [2.24, 2.45) is 22.7 Å². The van der Waals surface area contributed by atoms with E-state index in [9.17, 15) is 32.4 Å². The predicted octanol–water partition coefficient (Wildman–Crippen LogP) is 1.54. The van der Waals surface area contributed by atoms with Crippen LogP contribution in [0.1, 0.15) is 92.9 Å². The van der Waals surface area contributed by atoms with Gasteiger partial charge < -0.3 is 30.9 Å². The van der Waals surface area contributed by atoms with Gasteiger partial charge in [0.15, 0.2) is 0 Å². The Bertz CT molecular complexity index is 1360. The molecule has 0 radical (unpaired) electrons. The summed E-state index contributed by atoms with van der Waals surface area (Å²) in [7, 11) is -2.03. The number of amides is 5. The van der Waals surface area contributed by atoms with Crippen LogP contribution in [0.25, 0.3) is 0 Å². The number of nitrogens with zero attached hydrogens (tertiary/aromatic N) is 2. The van der Waals surface area contributed by atoms with E-state index < -0.39 is 69.1 Å². The van der Waals surface area contributed by atoms with Gasteiger partial charge in [0, 0.05) is 38.8 Å². The Morgan fingerprint density at radius 1 is 1.04 bits per heavy atom. The normalized spacial score (nSPS) is 28.9. The second kappa shape index (κ2) is 15.6. The molecule has 0 bridgehead atoms. The van der Waals surface area contributed by atoms with Gasteiger partial charge in [-0.2, -0.15) is 0 Å². The van der Waals surface area contributed by atoms with E-state index in [-0.39, 0.29) is 42.2 Å². The van der Waals surface area contributed by atoms with Gasteiger partial charge in [-0.25, -0.2) is 17.5 Å². The van der Waals surface area contributed by atoms with Crippen molar-refractivity contribution >= 4 is 39.6 Å². The fraction of sp³-hybridized carbons (Fsp3) is 0.853. The van der Waals surface area contributed by atoms with Crippen LogP contribution in [0, 0.1) is 22.7 Å². The number of ketones is 1. The topological polar surface area (TPSA) is 183 Å². The summed E-state index contributed by atoms with van der Waals surface area (Å²) in [6.07, 6.45) is 5.95. The quantitative estimate of drug-likeness (QED) is 0.260. The average Bonchev–Trinajstić information content (AvgIpc) is 3.87. The van der Waals surface area contributed by atoms with Crippen molar-refractivity contribution < 1.29 is 37.1 Å². The Balaban J connectivity index is 1.55. The fourth-order valence-electron chi connectivity index (χ4n) is 7.13. The third-order valence-electron chi connectivity index (χ3n) is 10.8. The molecule has 2 saturated heterocycles. The first-order valence-electron chi connectivity index (χ1n) is 17.9. The average molecular weight is 711 g/mol. The standard InChI is InChI=1S/C34H58N6O8S/c1-8-49(46,47)39(7)19-25(33(2,3)4)38-32(45)37-24-20-48-17-13-11-9-10-12-14-23(28(41)30(43)35-21-15-16-21)36-29(42)27-26-22(34(26,5)6)18-40(27)31(24)44/h21-27H,8-20H2,1-7H3,(H,35,43)(H,36,42)(H2,37,38,45)/t22-,23-,24-,25+,26-,27?/m0/s1. The van der Waals surface area contributed by atoms with Crippen LogP contribution in [0.3, 0.4) is 0 Å². The monoisotopic (exact) mass is 710 g/mol. The van der Waals surface area contributed by atoms with Gasteiger partial charge in [0.05, 0.1) is 18.4 Å². The molecular formula is C34H58N6O8S. The van der Waals surface area contributed by atoms with Gasteiger partial charge in [-0.15, -0.1) is 0 Å². The van der Waals surface area contributed by atoms with E-state index in [1.807, 2.05) is 20.8 Å². The Morgan fingerprint density at radius 2 is 1.69 bits per heavy atom. The van der Waals surface area contributed by atoms with Crippen LogP contribution in [0.2, 0.25) is 0 Å². The Hall–Kier alpha value is -2.78. The maximum atomic E-state index is 14.3. The zero-order chi connectivity index (χ0) is 36.3. The summed E-state index contributed by atoms with van der Waals surface area (Å²) < 4.78 is 32.1. The highest BCUT2D eigenvalue weighted by Crippen LogP contribution is 2.64. The van der Waals surface area contributed by atoms with Crippen molar-refractivity contribution in [1.82, 2.24) is 30.5 Å². The SMILES string of the molecule is CCS(=O)(=O)N(C)C[C@@H](NC(=O)N[C@H]1COCCCCCCC[C@@H](C(=O)C(=O)NC2CC2)NC(=O)C2[C@@H]3[C@H](CN2C1=O)C3(C)C)C(C)(C)C. The van der Waals surface area contributed by atoms with Gasteiger partial charge in [-0.1, -0.05) is 60.3 Å². The Labute approximate surface area is 291 Å². The lowest BCUT2D eigenvalue weighted by Crippen LogP contribution is -2.61. The smallest absolute Gasteiger partial charge is 0.315 e. The van der Waals surface area contributed by atoms with Crippen LogP contribution >= 0.6 is 0 Å². The number of Topliss-reactive ketones (excluding diaryl/α,β-unsaturated/α-hetero) is 1. The molecule has 0 aromatic heterocycles. The maximum absolute atomic E-state index is 14.3. The molecule has 0 aromatic rings. The third kappa shape index (κ3) is 9.72. The number of rotatable bonds is 9. The molecule has 4 rings (SSSR count). The molecule has 4 aliphatic rings. The first-order chi connectivity index (χ1) is 22.9. The molecule has 2 heterocycles. The van der Waals surface area contributed by atoms with Gasteiger partial charge >= 0.3 is 6.03 Å².